The van der Waals surface area contributed by atoms with Crippen LogP contribution in [-0.2, 0) is 10.8 Å². The molecule has 0 saturated heterocycles. The third-order valence-corrected chi connectivity index (χ3v) is 8.64. The molecule has 4 nitrogen and oxygen atoms in total. The molecule has 10 heteroatoms. The number of benzene rings is 6. The molecule has 0 saturated carbocycles. The van der Waals surface area contributed by atoms with Crippen molar-refractivity contribution in [2.24, 2.45) is 0 Å². The summed E-state index contributed by atoms with van der Waals surface area (Å²) in [5, 5.41) is 0. The summed E-state index contributed by atoms with van der Waals surface area (Å²) in [4.78, 5) is 0. The summed E-state index contributed by atoms with van der Waals surface area (Å²) >= 11 is 0. The molecule has 0 fully saturated rings. The zero-order chi connectivity index (χ0) is 36.2. The topological polar surface area (TPSA) is 104 Å². The Labute approximate surface area is 286 Å². The second kappa shape index (κ2) is 13.9. The lowest BCUT2D eigenvalue weighted by atomic mass is 9.68. The first kappa shape index (κ1) is 35.4. The molecular formula is C40H34F6N4. The van der Waals surface area contributed by atoms with Crippen LogP contribution in [0.1, 0.15) is 33.4 Å². The summed E-state index contributed by atoms with van der Waals surface area (Å²) in [6.07, 6.45) is -9.14. The Morgan fingerprint density at radius 3 is 0.620 bits per heavy atom. The number of nitrogen functional groups attached to an aromatic ring is 4. The predicted octanol–water partition coefficient (Wildman–Crippen LogP) is 9.50. The Morgan fingerprint density at radius 1 is 0.260 bits per heavy atom. The first-order valence-electron chi connectivity index (χ1n) is 15.4. The number of alkyl halides is 6. The van der Waals surface area contributed by atoms with E-state index >= 15 is 0 Å². The Kier molecular flexibility index (Phi) is 9.85. The third kappa shape index (κ3) is 6.56. The van der Waals surface area contributed by atoms with Crippen LogP contribution in [-0.4, -0.2) is 12.4 Å². The van der Waals surface area contributed by atoms with Crippen LogP contribution in [0.25, 0.3) is 0 Å². The number of halogens is 6. The van der Waals surface area contributed by atoms with Gasteiger partial charge in [0, 0.05) is 22.7 Å². The molecule has 8 N–H and O–H groups in total. The van der Waals surface area contributed by atoms with Gasteiger partial charge in [0.25, 0.3) is 0 Å². The fourth-order valence-corrected chi connectivity index (χ4v) is 6.29. The number of hydrogen-bond donors (Lipinski definition) is 4. The van der Waals surface area contributed by atoms with Crippen LogP contribution < -0.4 is 22.9 Å². The van der Waals surface area contributed by atoms with Crippen LogP contribution in [0.2, 0.25) is 0 Å². The van der Waals surface area contributed by atoms with Crippen molar-refractivity contribution in [1.29, 1.82) is 0 Å². The average molecular weight is 685 g/mol. The fourth-order valence-electron chi connectivity index (χ4n) is 6.29. The number of rotatable bonds is 6. The van der Waals surface area contributed by atoms with Gasteiger partial charge in [0.05, 0.1) is 0 Å². The van der Waals surface area contributed by atoms with Crippen LogP contribution in [0.3, 0.4) is 0 Å². The Balaban J connectivity index is 0.000000194. The molecule has 6 aromatic carbocycles. The van der Waals surface area contributed by atoms with E-state index in [0.717, 1.165) is 0 Å². The fraction of sp³-hybridized carbons (Fsp3) is 0.100. The molecule has 0 spiro atoms. The molecular weight excluding hydrogens is 650 g/mol. The number of hydrogen-bond acceptors (Lipinski definition) is 4. The molecule has 6 aromatic rings. The van der Waals surface area contributed by atoms with E-state index in [0.29, 0.717) is 22.7 Å². The highest BCUT2D eigenvalue weighted by atomic mass is 19.4. The van der Waals surface area contributed by atoms with E-state index in [1.807, 2.05) is 0 Å². The molecule has 0 aliphatic rings. The van der Waals surface area contributed by atoms with E-state index < -0.39 is 23.2 Å². The normalized spacial score (nSPS) is 12.1. The van der Waals surface area contributed by atoms with Crippen molar-refractivity contribution < 1.29 is 26.3 Å². The lowest BCUT2D eigenvalue weighted by Gasteiger charge is -2.37. The van der Waals surface area contributed by atoms with Crippen LogP contribution in [0, 0.1) is 0 Å². The van der Waals surface area contributed by atoms with Crippen LogP contribution >= 0.6 is 0 Å². The highest BCUT2D eigenvalue weighted by Gasteiger charge is 2.59. The minimum atomic E-state index is -4.57. The lowest BCUT2D eigenvalue weighted by molar-refractivity contribution is -0.167. The zero-order valence-corrected chi connectivity index (χ0v) is 26.6. The van der Waals surface area contributed by atoms with Crippen molar-refractivity contribution in [3.05, 3.63) is 191 Å². The van der Waals surface area contributed by atoms with Gasteiger partial charge in [-0.3, -0.25) is 0 Å². The summed E-state index contributed by atoms with van der Waals surface area (Å²) in [5.41, 5.74) is 20.4. The second-order valence-corrected chi connectivity index (χ2v) is 11.7. The second-order valence-electron chi connectivity index (χ2n) is 11.7. The van der Waals surface area contributed by atoms with E-state index in [2.05, 4.69) is 0 Å². The average Bonchev–Trinajstić information content (AvgIpc) is 3.09. The third-order valence-electron chi connectivity index (χ3n) is 8.64. The van der Waals surface area contributed by atoms with Crippen molar-refractivity contribution >= 4 is 22.7 Å². The molecule has 0 amide bonds. The maximum Gasteiger partial charge on any atom is 0.406 e. The van der Waals surface area contributed by atoms with Crippen molar-refractivity contribution in [3.8, 4) is 0 Å². The van der Waals surface area contributed by atoms with E-state index in [9.17, 15) is 26.3 Å². The minimum Gasteiger partial charge on any atom is -0.399 e. The largest absolute Gasteiger partial charge is 0.406 e. The summed E-state index contributed by atoms with van der Waals surface area (Å²) in [6, 6.07) is 39.0. The van der Waals surface area contributed by atoms with Gasteiger partial charge in [-0.25, -0.2) is 0 Å². The Bertz CT molecular complexity index is 1740. The number of anilines is 4. The maximum absolute atomic E-state index is 14.6. The summed E-state index contributed by atoms with van der Waals surface area (Å²) in [5.74, 6) is 0. The van der Waals surface area contributed by atoms with Crippen molar-refractivity contribution in [2.45, 2.75) is 23.2 Å². The molecule has 6 rings (SSSR count). The van der Waals surface area contributed by atoms with Gasteiger partial charge in [-0.05, 0) is 81.9 Å². The SMILES string of the molecule is Nc1ccc(C(c2ccccc2)(c2ccc(N)cc2)C(F)(F)F)cc1.Nc1ccc(C(c2ccccc2)(c2ccc(N)cc2)C(F)(F)F)cc1. The molecule has 0 bridgehead atoms. The molecule has 0 aliphatic carbocycles. The van der Waals surface area contributed by atoms with E-state index in [4.69, 9.17) is 22.9 Å². The molecule has 50 heavy (non-hydrogen) atoms. The maximum atomic E-state index is 14.6. The van der Waals surface area contributed by atoms with Gasteiger partial charge >= 0.3 is 12.4 Å². The number of nitrogens with two attached hydrogens (primary N) is 4. The van der Waals surface area contributed by atoms with E-state index in [1.165, 1.54) is 121 Å². The zero-order valence-electron chi connectivity index (χ0n) is 26.6. The smallest absolute Gasteiger partial charge is 0.399 e. The predicted molar refractivity (Wildman–Crippen MR) is 188 cm³/mol. The first-order valence-corrected chi connectivity index (χ1v) is 15.4. The quantitative estimate of drug-likeness (QED) is 0.0797. The molecule has 0 radical (unpaired) electrons. The van der Waals surface area contributed by atoms with Crippen molar-refractivity contribution in [3.63, 3.8) is 0 Å². The summed E-state index contributed by atoms with van der Waals surface area (Å²) < 4.78 is 87.4. The van der Waals surface area contributed by atoms with Crippen LogP contribution in [0.5, 0.6) is 0 Å². The molecule has 256 valence electrons. The highest BCUT2D eigenvalue weighted by molar-refractivity contribution is 5.58. The summed E-state index contributed by atoms with van der Waals surface area (Å²) in [7, 11) is 0. The van der Waals surface area contributed by atoms with E-state index in [1.54, 1.807) is 36.4 Å². The van der Waals surface area contributed by atoms with Crippen molar-refractivity contribution in [1.82, 2.24) is 0 Å². The van der Waals surface area contributed by atoms with Gasteiger partial charge in [0.2, 0.25) is 0 Å². The first-order chi connectivity index (χ1) is 23.7. The molecule has 0 aromatic heterocycles. The van der Waals surface area contributed by atoms with Crippen LogP contribution in [0.15, 0.2) is 158 Å². The van der Waals surface area contributed by atoms with Gasteiger partial charge < -0.3 is 22.9 Å². The van der Waals surface area contributed by atoms with Gasteiger partial charge in [0.1, 0.15) is 10.8 Å². The molecule has 0 heterocycles. The van der Waals surface area contributed by atoms with Crippen molar-refractivity contribution in [2.75, 3.05) is 22.9 Å². The van der Waals surface area contributed by atoms with Gasteiger partial charge in [-0.15, -0.1) is 0 Å². The highest BCUT2D eigenvalue weighted by Crippen LogP contribution is 2.52. The minimum absolute atomic E-state index is 0.102. The molecule has 0 unspecified atom stereocenters. The summed E-state index contributed by atoms with van der Waals surface area (Å²) in [6.45, 7) is 0. The Morgan fingerprint density at radius 2 is 0.440 bits per heavy atom. The van der Waals surface area contributed by atoms with Gasteiger partial charge in [-0.2, -0.15) is 26.3 Å². The molecule has 0 aliphatic heterocycles. The van der Waals surface area contributed by atoms with Crippen LogP contribution in [0.4, 0.5) is 49.1 Å². The standard InChI is InChI=1S/2C20H17F3N2/c2*21-20(22,23)19(14-4-2-1-3-5-14,15-6-10-17(24)11-7-15)16-8-12-18(25)13-9-16/h2*1-13H,24-25H2. The van der Waals surface area contributed by atoms with E-state index in [-0.39, 0.29) is 33.4 Å². The van der Waals surface area contributed by atoms with Gasteiger partial charge in [-0.1, -0.05) is 109 Å². The van der Waals surface area contributed by atoms with Gasteiger partial charge in [0.15, 0.2) is 0 Å². The Hall–Kier alpha value is -5.90. The molecule has 0 atom stereocenters. The lowest BCUT2D eigenvalue weighted by Crippen LogP contribution is -2.44. The monoisotopic (exact) mass is 684 g/mol.